The van der Waals surface area contributed by atoms with E-state index in [1.54, 1.807) is 0 Å². The second-order valence-electron chi connectivity index (χ2n) is 5.40. The van der Waals surface area contributed by atoms with E-state index in [0.717, 1.165) is 32.1 Å². The average Bonchev–Trinajstić information content (AvgIpc) is 2.46. The first-order chi connectivity index (χ1) is 11.1. The Morgan fingerprint density at radius 2 is 1.00 bits per heavy atom. The van der Waals surface area contributed by atoms with Crippen LogP contribution in [0.2, 0.25) is 0 Å². The molecule has 0 aromatic carbocycles. The van der Waals surface area contributed by atoms with Crippen molar-refractivity contribution in [3.8, 4) is 0 Å². The zero-order valence-corrected chi connectivity index (χ0v) is 21.1. The van der Waals surface area contributed by atoms with E-state index >= 15 is 0 Å². The van der Waals surface area contributed by atoms with Gasteiger partial charge in [0.15, 0.2) is 5.45 Å². The van der Waals surface area contributed by atoms with Gasteiger partial charge in [0.1, 0.15) is 0 Å². The Hall–Kier alpha value is 1.24. The van der Waals surface area contributed by atoms with Crippen LogP contribution in [-0.4, -0.2) is 31.1 Å². The molecule has 0 saturated carbocycles. The summed E-state index contributed by atoms with van der Waals surface area (Å²) in [5, 5.41) is 22.1. The minimum atomic E-state index is -4.96. The van der Waals surface area contributed by atoms with Crippen LogP contribution in [0.4, 0.5) is 0 Å². The number of rotatable bonds is 13. The largest absolute Gasteiger partial charge is 1.00 e. The van der Waals surface area contributed by atoms with Crippen LogP contribution in [0.3, 0.4) is 0 Å². The Labute approximate surface area is 197 Å². The standard InChI is InChI=1S/C12H26N2O8P2.2Na/c15-13-11(23(17,18)19)9-7-5-3-1-2-4-6-8-10-12(14-16)24(20,21)22;;/h15-16H,1-10H2,(H2,17,18,19)(H2,20,21,22);;/q;2*+1/p-2. The zero-order chi connectivity index (χ0) is 18.6. The summed E-state index contributed by atoms with van der Waals surface area (Å²) in [7, 11) is -9.42. The Morgan fingerprint density at radius 1 is 0.692 bits per heavy atom. The van der Waals surface area contributed by atoms with E-state index < -0.39 is 26.1 Å². The van der Waals surface area contributed by atoms with Crippen molar-refractivity contribution in [3.05, 3.63) is 0 Å². The molecule has 0 bridgehead atoms. The van der Waals surface area contributed by atoms with Crippen LogP contribution >= 0.6 is 15.2 Å². The first-order valence-electron chi connectivity index (χ1n) is 7.63. The molecule has 0 heterocycles. The molecule has 0 unspecified atom stereocenters. The monoisotopic (exact) mass is 432 g/mol. The third kappa shape index (κ3) is 16.2. The van der Waals surface area contributed by atoms with Crippen LogP contribution in [0.5, 0.6) is 0 Å². The van der Waals surface area contributed by atoms with Gasteiger partial charge in [0.25, 0.3) is 0 Å². The van der Waals surface area contributed by atoms with Crippen molar-refractivity contribution in [1.29, 1.82) is 0 Å². The van der Waals surface area contributed by atoms with Gasteiger partial charge in [-0.2, -0.15) is 0 Å². The average molecular weight is 432 g/mol. The topological polar surface area (TPSA) is 186 Å². The number of hydrogen-bond acceptors (Lipinski definition) is 8. The Kier molecular flexibility index (Phi) is 21.0. The van der Waals surface area contributed by atoms with Crippen molar-refractivity contribution in [1.82, 2.24) is 0 Å². The summed E-state index contributed by atoms with van der Waals surface area (Å²) < 4.78 is 21.6. The van der Waals surface area contributed by atoms with E-state index in [4.69, 9.17) is 20.2 Å². The van der Waals surface area contributed by atoms with Gasteiger partial charge in [0.2, 0.25) is 0 Å². The van der Waals surface area contributed by atoms with Gasteiger partial charge < -0.3 is 34.6 Å². The van der Waals surface area contributed by atoms with Crippen LogP contribution in [0.1, 0.15) is 64.2 Å². The van der Waals surface area contributed by atoms with Gasteiger partial charge in [0.05, 0.1) is 5.45 Å². The van der Waals surface area contributed by atoms with E-state index in [-0.39, 0.29) is 72.0 Å². The van der Waals surface area contributed by atoms with Crippen molar-refractivity contribution in [2.24, 2.45) is 10.3 Å². The summed E-state index contributed by atoms with van der Waals surface area (Å²) >= 11 is 0. The first-order valence-corrected chi connectivity index (χ1v) is 10.8. The molecule has 0 aliphatic carbocycles. The minimum Gasteiger partial charge on any atom is -0.806 e. The molecule has 0 amide bonds. The molecule has 0 aromatic heterocycles. The van der Waals surface area contributed by atoms with Gasteiger partial charge in [-0.25, -0.2) is 0 Å². The number of nitrogens with zero attached hydrogens (tertiary/aromatic N) is 2. The fourth-order valence-electron chi connectivity index (χ4n) is 2.12. The molecule has 0 aliphatic heterocycles. The SMILES string of the molecule is O=P([O-])([O-])C(CCCCCCCCCCC(=NO)P(=O)(O)O)=NO.[Na+].[Na+]. The third-order valence-corrected chi connectivity index (χ3v) is 5.36. The van der Waals surface area contributed by atoms with E-state index in [0.29, 0.717) is 19.3 Å². The van der Waals surface area contributed by atoms with Crippen LogP contribution in [0.25, 0.3) is 0 Å². The van der Waals surface area contributed by atoms with Gasteiger partial charge in [0, 0.05) is 6.42 Å². The van der Waals surface area contributed by atoms with E-state index in [1.807, 2.05) is 0 Å². The van der Waals surface area contributed by atoms with Crippen molar-refractivity contribution >= 4 is 26.1 Å². The maximum absolute atomic E-state index is 10.9. The van der Waals surface area contributed by atoms with Gasteiger partial charge in [-0.15, -0.1) is 0 Å². The molecule has 0 saturated heterocycles. The Bertz CT molecular complexity index is 475. The quantitative estimate of drug-likeness (QED) is 0.0561. The zero-order valence-electron chi connectivity index (χ0n) is 15.3. The molecular weight excluding hydrogens is 408 g/mol. The Balaban J connectivity index is -0.00000264. The Morgan fingerprint density at radius 3 is 1.27 bits per heavy atom. The smallest absolute Gasteiger partial charge is 0.806 e. The molecule has 0 spiro atoms. The normalized spacial score (nSPS) is 13.1. The van der Waals surface area contributed by atoms with Gasteiger partial charge in [-0.1, -0.05) is 48.8 Å². The van der Waals surface area contributed by atoms with Gasteiger partial charge in [-0.3, -0.25) is 4.57 Å². The molecule has 0 rings (SSSR count). The first kappa shape index (κ1) is 31.9. The molecule has 4 N–H and O–H groups in total. The molecule has 0 aliphatic rings. The van der Waals surface area contributed by atoms with Crippen molar-refractivity contribution in [3.63, 3.8) is 0 Å². The van der Waals surface area contributed by atoms with Crippen LogP contribution in [-0.2, 0) is 9.13 Å². The van der Waals surface area contributed by atoms with Crippen molar-refractivity contribution in [2.75, 3.05) is 0 Å². The molecular formula is C12H24N2Na2O8P2. The number of hydrogen-bond donors (Lipinski definition) is 4. The third-order valence-electron chi connectivity index (χ3n) is 3.43. The number of oxime groups is 2. The van der Waals surface area contributed by atoms with Crippen LogP contribution in [0.15, 0.2) is 10.3 Å². The molecule has 0 radical (unpaired) electrons. The maximum Gasteiger partial charge on any atom is 1.00 e. The fourth-order valence-corrected chi connectivity index (χ4v) is 3.23. The van der Waals surface area contributed by atoms with Crippen LogP contribution in [0, 0.1) is 0 Å². The minimum absolute atomic E-state index is 0. The number of unbranched alkanes of at least 4 members (excludes halogenated alkanes) is 7. The van der Waals surface area contributed by atoms with Crippen LogP contribution < -0.4 is 68.9 Å². The molecule has 142 valence electrons. The van der Waals surface area contributed by atoms with Gasteiger partial charge >= 0.3 is 66.7 Å². The van der Waals surface area contributed by atoms with Crippen molar-refractivity contribution in [2.45, 2.75) is 64.2 Å². The second-order valence-corrected chi connectivity index (χ2v) is 8.52. The molecule has 10 nitrogen and oxygen atoms in total. The predicted molar refractivity (Wildman–Crippen MR) is 84.3 cm³/mol. The molecule has 0 fully saturated rings. The molecule has 14 heteroatoms. The summed E-state index contributed by atoms with van der Waals surface area (Å²) in [5.74, 6) is 0. The predicted octanol–water partition coefficient (Wildman–Crippen LogP) is -4.44. The van der Waals surface area contributed by atoms with Gasteiger partial charge in [-0.05, 0) is 26.9 Å². The summed E-state index contributed by atoms with van der Waals surface area (Å²) in [6.45, 7) is 0. The summed E-state index contributed by atoms with van der Waals surface area (Å²) in [5.41, 5.74) is -1.22. The molecule has 0 aromatic rings. The summed E-state index contributed by atoms with van der Waals surface area (Å²) in [6, 6.07) is 0. The second kappa shape index (κ2) is 17.1. The molecule has 26 heavy (non-hydrogen) atoms. The van der Waals surface area contributed by atoms with E-state index in [1.165, 1.54) is 0 Å². The van der Waals surface area contributed by atoms with E-state index in [9.17, 15) is 18.9 Å². The maximum atomic E-state index is 10.9. The molecule has 0 atom stereocenters. The van der Waals surface area contributed by atoms with Crippen molar-refractivity contribution < 1.29 is 98.2 Å². The summed E-state index contributed by atoms with van der Waals surface area (Å²) in [4.78, 5) is 39.0. The summed E-state index contributed by atoms with van der Waals surface area (Å²) in [6.07, 6.45) is 5.92. The fraction of sp³-hybridized carbons (Fsp3) is 0.833. The van der Waals surface area contributed by atoms with E-state index in [2.05, 4.69) is 10.3 Å².